The molecule has 1 aliphatic heterocycles. The second kappa shape index (κ2) is 7.78. The Balaban J connectivity index is 1.94. The SMILES string of the molecule is COCCC[C@H]1CCCCN1C(=O)c1cc(=O)[nH]c2ccc(F)cc12. The Hall–Kier alpha value is -2.21. The molecule has 0 saturated carbocycles. The minimum Gasteiger partial charge on any atom is -0.385 e. The number of nitrogens with one attached hydrogen (secondary N) is 1. The van der Waals surface area contributed by atoms with Gasteiger partial charge in [-0.15, -0.1) is 0 Å². The fourth-order valence-electron chi connectivity index (χ4n) is 3.59. The number of fused-ring (bicyclic) bond motifs is 1. The van der Waals surface area contributed by atoms with Gasteiger partial charge >= 0.3 is 0 Å². The molecule has 0 spiro atoms. The summed E-state index contributed by atoms with van der Waals surface area (Å²) in [7, 11) is 1.67. The van der Waals surface area contributed by atoms with Gasteiger partial charge in [0, 0.05) is 43.3 Å². The van der Waals surface area contributed by atoms with E-state index in [0.29, 0.717) is 24.1 Å². The van der Waals surface area contributed by atoms with Gasteiger partial charge in [0.25, 0.3) is 5.91 Å². The molecule has 5 nitrogen and oxygen atoms in total. The Morgan fingerprint density at radius 1 is 1.36 bits per heavy atom. The van der Waals surface area contributed by atoms with Gasteiger partial charge in [0.05, 0.1) is 5.56 Å². The summed E-state index contributed by atoms with van der Waals surface area (Å²) < 4.78 is 18.8. The number of carbonyl (C=O) groups excluding carboxylic acids is 1. The van der Waals surface area contributed by atoms with Gasteiger partial charge in [0.1, 0.15) is 5.82 Å². The number of likely N-dealkylation sites (tertiary alicyclic amines) is 1. The van der Waals surface area contributed by atoms with Crippen molar-refractivity contribution >= 4 is 16.8 Å². The number of ether oxygens (including phenoxy) is 1. The Morgan fingerprint density at radius 3 is 3.00 bits per heavy atom. The van der Waals surface area contributed by atoms with Crippen molar-refractivity contribution in [3.8, 4) is 0 Å². The number of nitrogens with zero attached hydrogens (tertiary/aromatic N) is 1. The lowest BCUT2D eigenvalue weighted by Gasteiger charge is -2.36. The van der Waals surface area contributed by atoms with Gasteiger partial charge in [-0.25, -0.2) is 4.39 Å². The quantitative estimate of drug-likeness (QED) is 0.846. The lowest BCUT2D eigenvalue weighted by molar-refractivity contribution is 0.0587. The van der Waals surface area contributed by atoms with Crippen LogP contribution < -0.4 is 5.56 Å². The summed E-state index contributed by atoms with van der Waals surface area (Å²) in [6.07, 6.45) is 4.74. The molecule has 0 unspecified atom stereocenters. The largest absolute Gasteiger partial charge is 0.385 e. The van der Waals surface area contributed by atoms with Gasteiger partial charge in [-0.2, -0.15) is 0 Å². The van der Waals surface area contributed by atoms with E-state index in [-0.39, 0.29) is 23.1 Å². The summed E-state index contributed by atoms with van der Waals surface area (Å²) in [5.41, 5.74) is 0.400. The topological polar surface area (TPSA) is 62.4 Å². The van der Waals surface area contributed by atoms with E-state index in [9.17, 15) is 14.0 Å². The molecule has 0 bridgehead atoms. The minimum atomic E-state index is -0.427. The predicted octanol–water partition coefficient (Wildman–Crippen LogP) is 3.09. The molecular weight excluding hydrogens is 323 g/mol. The number of benzene rings is 1. The van der Waals surface area contributed by atoms with E-state index in [2.05, 4.69) is 4.98 Å². The molecule has 1 aromatic carbocycles. The first-order valence-electron chi connectivity index (χ1n) is 8.72. The van der Waals surface area contributed by atoms with E-state index in [4.69, 9.17) is 4.74 Å². The van der Waals surface area contributed by atoms with Crippen LogP contribution in [-0.4, -0.2) is 42.1 Å². The Labute approximate surface area is 145 Å². The van der Waals surface area contributed by atoms with Gasteiger partial charge in [-0.05, 0) is 50.3 Å². The van der Waals surface area contributed by atoms with Gasteiger partial charge in [0.2, 0.25) is 5.56 Å². The van der Waals surface area contributed by atoms with Gasteiger partial charge in [0.15, 0.2) is 0 Å². The summed E-state index contributed by atoms with van der Waals surface area (Å²) in [4.78, 5) is 29.6. The molecular formula is C19H23FN2O3. The van der Waals surface area contributed by atoms with Crippen molar-refractivity contribution in [2.75, 3.05) is 20.3 Å². The molecule has 1 amide bonds. The molecule has 0 aliphatic carbocycles. The Morgan fingerprint density at radius 2 is 2.20 bits per heavy atom. The third-order valence-electron chi connectivity index (χ3n) is 4.81. The third kappa shape index (κ3) is 3.90. The first-order valence-corrected chi connectivity index (χ1v) is 8.72. The van der Waals surface area contributed by atoms with E-state index in [1.54, 1.807) is 7.11 Å². The maximum Gasteiger partial charge on any atom is 0.254 e. The normalized spacial score (nSPS) is 17.8. The standard InChI is InChI=1S/C19H23FN2O3/c1-25-10-4-6-14-5-2-3-9-22(14)19(24)16-12-18(23)21-17-8-7-13(20)11-15(16)17/h7-8,11-12,14H,2-6,9-10H2,1H3,(H,21,23)/t14-/m1/s1. The van der Waals surface area contributed by atoms with Crippen LogP contribution in [0, 0.1) is 5.82 Å². The summed E-state index contributed by atoms with van der Waals surface area (Å²) in [5.74, 6) is -0.618. The number of pyridine rings is 1. The highest BCUT2D eigenvalue weighted by molar-refractivity contribution is 6.06. The zero-order chi connectivity index (χ0) is 17.8. The number of aromatic amines is 1. The van der Waals surface area contributed by atoms with Gasteiger partial charge < -0.3 is 14.6 Å². The highest BCUT2D eigenvalue weighted by atomic mass is 19.1. The molecule has 1 aliphatic rings. The average molecular weight is 346 g/mol. The monoisotopic (exact) mass is 346 g/mol. The molecule has 3 rings (SSSR count). The summed E-state index contributed by atoms with van der Waals surface area (Å²) in [6.45, 7) is 1.33. The number of hydrogen-bond donors (Lipinski definition) is 1. The van der Waals surface area contributed by atoms with E-state index >= 15 is 0 Å². The number of hydrogen-bond acceptors (Lipinski definition) is 3. The fourth-order valence-corrected chi connectivity index (χ4v) is 3.59. The number of methoxy groups -OCH3 is 1. The van der Waals surface area contributed by atoms with Crippen LogP contribution in [0.3, 0.4) is 0 Å². The van der Waals surface area contributed by atoms with Crippen molar-refractivity contribution in [3.05, 3.63) is 46.0 Å². The highest BCUT2D eigenvalue weighted by Gasteiger charge is 2.28. The molecule has 0 radical (unpaired) electrons. The van der Waals surface area contributed by atoms with Crippen LogP contribution in [0.25, 0.3) is 10.9 Å². The maximum absolute atomic E-state index is 13.7. The minimum absolute atomic E-state index is 0.138. The van der Waals surface area contributed by atoms with Gasteiger partial charge in [-0.1, -0.05) is 0 Å². The van der Waals surface area contributed by atoms with Gasteiger partial charge in [-0.3, -0.25) is 9.59 Å². The number of carbonyl (C=O) groups is 1. The smallest absolute Gasteiger partial charge is 0.254 e. The molecule has 2 heterocycles. The molecule has 1 fully saturated rings. The van der Waals surface area contributed by atoms with Crippen LogP contribution >= 0.6 is 0 Å². The summed E-state index contributed by atoms with van der Waals surface area (Å²) in [5, 5.41) is 0.450. The molecule has 1 N–H and O–H groups in total. The average Bonchev–Trinajstić information content (AvgIpc) is 2.61. The second-order valence-electron chi connectivity index (χ2n) is 6.52. The van der Waals surface area contributed by atoms with Crippen LogP contribution in [0.2, 0.25) is 0 Å². The second-order valence-corrected chi connectivity index (χ2v) is 6.52. The first kappa shape index (κ1) is 17.6. The Kier molecular flexibility index (Phi) is 5.48. The van der Waals surface area contributed by atoms with Crippen molar-refractivity contribution in [1.82, 2.24) is 9.88 Å². The number of rotatable bonds is 5. The highest BCUT2D eigenvalue weighted by Crippen LogP contribution is 2.25. The van der Waals surface area contributed by atoms with Crippen molar-refractivity contribution in [1.29, 1.82) is 0 Å². The third-order valence-corrected chi connectivity index (χ3v) is 4.81. The number of H-pyrrole nitrogens is 1. The van der Waals surface area contributed by atoms with Crippen molar-refractivity contribution in [3.63, 3.8) is 0 Å². The van der Waals surface area contributed by atoms with Crippen LogP contribution in [0.5, 0.6) is 0 Å². The lowest BCUT2D eigenvalue weighted by atomic mass is 9.96. The molecule has 1 atom stereocenters. The summed E-state index contributed by atoms with van der Waals surface area (Å²) >= 11 is 0. The number of halogens is 1. The zero-order valence-electron chi connectivity index (χ0n) is 14.4. The van der Waals surface area contributed by atoms with Crippen LogP contribution in [0.15, 0.2) is 29.1 Å². The molecule has 2 aromatic rings. The van der Waals surface area contributed by atoms with Crippen molar-refractivity contribution in [2.45, 2.75) is 38.1 Å². The van der Waals surface area contributed by atoms with Crippen LogP contribution in [0.1, 0.15) is 42.5 Å². The number of piperidine rings is 1. The zero-order valence-corrected chi connectivity index (χ0v) is 14.4. The van der Waals surface area contributed by atoms with E-state index in [1.807, 2.05) is 4.90 Å². The molecule has 6 heteroatoms. The Bertz CT molecular complexity index is 818. The van der Waals surface area contributed by atoms with E-state index in [0.717, 1.165) is 32.1 Å². The number of aromatic nitrogens is 1. The molecule has 1 aromatic heterocycles. The van der Waals surface area contributed by atoms with Crippen molar-refractivity contribution in [2.24, 2.45) is 0 Å². The molecule has 25 heavy (non-hydrogen) atoms. The molecule has 134 valence electrons. The van der Waals surface area contributed by atoms with E-state index in [1.165, 1.54) is 24.3 Å². The fraction of sp³-hybridized carbons (Fsp3) is 0.474. The first-order chi connectivity index (χ1) is 12.1. The summed E-state index contributed by atoms with van der Waals surface area (Å²) in [6, 6.07) is 5.50. The molecule has 1 saturated heterocycles. The van der Waals surface area contributed by atoms with E-state index < -0.39 is 5.82 Å². The van der Waals surface area contributed by atoms with Crippen molar-refractivity contribution < 1.29 is 13.9 Å². The number of amides is 1. The predicted molar refractivity (Wildman–Crippen MR) is 94.3 cm³/mol. The lowest BCUT2D eigenvalue weighted by Crippen LogP contribution is -2.44. The van der Waals surface area contributed by atoms with Crippen LogP contribution in [0.4, 0.5) is 4.39 Å². The maximum atomic E-state index is 13.7. The van der Waals surface area contributed by atoms with Crippen LogP contribution in [-0.2, 0) is 4.74 Å².